The third kappa shape index (κ3) is 4.04. The first-order valence-corrected chi connectivity index (χ1v) is 11.9. The van der Waals surface area contributed by atoms with Gasteiger partial charge in [0.25, 0.3) is 5.56 Å². The lowest BCUT2D eigenvalue weighted by molar-refractivity contribution is 0.0587. The molecule has 0 unspecified atom stereocenters. The Morgan fingerprint density at radius 3 is 2.51 bits per heavy atom. The first-order chi connectivity index (χ1) is 16.5. The molecule has 0 N–H and O–H groups in total. The predicted molar refractivity (Wildman–Crippen MR) is 142 cm³/mol. The Morgan fingerprint density at radius 1 is 1.09 bits per heavy atom. The van der Waals surface area contributed by atoms with Crippen molar-refractivity contribution in [3.05, 3.63) is 51.9 Å². The Labute approximate surface area is 206 Å². The highest BCUT2D eigenvalue weighted by Crippen LogP contribution is 2.41. The zero-order valence-electron chi connectivity index (χ0n) is 21.0. The minimum absolute atomic E-state index is 0.115. The van der Waals surface area contributed by atoms with Gasteiger partial charge in [-0.3, -0.25) is 4.79 Å². The summed E-state index contributed by atoms with van der Waals surface area (Å²) in [5.41, 5.74) is 1.98. The molecule has 5 rings (SSSR count). The summed E-state index contributed by atoms with van der Waals surface area (Å²) in [7, 11) is 7.93. The van der Waals surface area contributed by atoms with Gasteiger partial charge < -0.3 is 19.1 Å². The van der Waals surface area contributed by atoms with Gasteiger partial charge in [-0.25, -0.2) is 9.37 Å². The second-order valence-corrected chi connectivity index (χ2v) is 10.3. The number of aryl methyl sites for hydroxylation is 1. The van der Waals surface area contributed by atoms with E-state index in [2.05, 4.69) is 10.1 Å². The monoisotopic (exact) mass is 474 g/mol. The van der Waals surface area contributed by atoms with Crippen molar-refractivity contribution in [1.82, 2.24) is 14.6 Å². The van der Waals surface area contributed by atoms with Gasteiger partial charge >= 0.3 is 0 Å². The predicted octanol–water partition coefficient (Wildman–Crippen LogP) is -1.69. The fourth-order valence-corrected chi connectivity index (χ4v) is 4.46. The van der Waals surface area contributed by atoms with Gasteiger partial charge in [0.1, 0.15) is 43.2 Å². The Bertz CT molecular complexity index is 1370. The molecule has 2 aliphatic heterocycles. The summed E-state index contributed by atoms with van der Waals surface area (Å²) < 4.78 is 35.0. The maximum absolute atomic E-state index is 15.3. The van der Waals surface area contributed by atoms with Crippen molar-refractivity contribution in [1.29, 1.82) is 0 Å². The molecule has 13 heteroatoms. The van der Waals surface area contributed by atoms with Crippen LogP contribution >= 0.6 is 0 Å². The van der Waals surface area contributed by atoms with E-state index < -0.39 is 23.1 Å². The molecule has 8 nitrogen and oxygen atoms in total. The van der Waals surface area contributed by atoms with Gasteiger partial charge in [-0.05, 0) is 26.0 Å². The number of fused-ring (bicyclic) bond motifs is 2. The highest BCUT2D eigenvalue weighted by molar-refractivity contribution is 6.53. The van der Waals surface area contributed by atoms with Crippen LogP contribution < -0.4 is 24.7 Å². The second-order valence-electron chi connectivity index (χ2n) is 10.3. The first-order valence-electron chi connectivity index (χ1n) is 11.9. The fraction of sp³-hybridized carbons (Fsp3) is 0.409. The molecule has 2 atom stereocenters. The summed E-state index contributed by atoms with van der Waals surface area (Å²) in [5, 5.41) is 3.48. The molecular weight excluding hydrogens is 447 g/mol. The Balaban J connectivity index is 1.33. The number of rotatable bonds is 3. The summed E-state index contributed by atoms with van der Waals surface area (Å²) >= 11 is 0. The number of ether oxygens (including phenoxy) is 3. The second kappa shape index (κ2) is 8.24. The van der Waals surface area contributed by atoms with Crippen LogP contribution in [0.15, 0.2) is 35.3 Å². The van der Waals surface area contributed by atoms with Crippen LogP contribution in [0.3, 0.4) is 0 Å². The molecular formula is C22H27B4FN4O4. The molecule has 0 saturated carbocycles. The Hall–Kier alpha value is -3.10. The van der Waals surface area contributed by atoms with Crippen molar-refractivity contribution in [2.24, 2.45) is 0 Å². The highest BCUT2D eigenvalue weighted by atomic mass is 19.1. The van der Waals surface area contributed by atoms with E-state index in [1.54, 1.807) is 18.2 Å². The molecule has 4 heterocycles. The minimum Gasteiger partial charge on any atom is -0.499 e. The number of hydrogen-bond acceptors (Lipinski definition) is 7. The lowest BCUT2D eigenvalue weighted by Crippen LogP contribution is -2.65. The van der Waals surface area contributed by atoms with E-state index in [1.807, 2.05) is 50.1 Å². The number of piperidine rings is 1. The molecule has 0 radical (unpaired) electrons. The summed E-state index contributed by atoms with van der Waals surface area (Å²) in [5.74, 6) is 2.37. The average molecular weight is 474 g/mol. The van der Waals surface area contributed by atoms with Gasteiger partial charge in [0.05, 0.1) is 17.3 Å². The van der Waals surface area contributed by atoms with E-state index in [1.165, 1.54) is 16.8 Å². The van der Waals surface area contributed by atoms with E-state index in [-0.39, 0.29) is 12.1 Å². The zero-order valence-corrected chi connectivity index (χ0v) is 21.0. The smallest absolute Gasteiger partial charge is 0.274 e. The van der Waals surface area contributed by atoms with Crippen LogP contribution in [0.1, 0.15) is 17.5 Å². The summed E-state index contributed by atoms with van der Waals surface area (Å²) in [4.78, 5) is 18.5. The molecule has 0 amide bonds. The molecule has 0 aliphatic carbocycles. The highest BCUT2D eigenvalue weighted by Gasteiger charge is 2.44. The molecule has 1 saturated heterocycles. The van der Waals surface area contributed by atoms with Crippen LogP contribution in [0.4, 0.5) is 10.2 Å². The SMILES string of the molecule is BC1(B)Oc2ccc(O[C@@H]3CCN(c4nn5c(=O)ccnc5c(C)c4C)C[C@H]3F)cc2OC1(B)B. The maximum Gasteiger partial charge on any atom is 0.274 e. The first kappa shape index (κ1) is 23.6. The molecule has 35 heavy (non-hydrogen) atoms. The summed E-state index contributed by atoms with van der Waals surface area (Å²) in [6.07, 6.45) is 0.0968. The number of halogens is 1. The molecule has 3 aromatic rings. The van der Waals surface area contributed by atoms with E-state index in [9.17, 15) is 4.79 Å². The summed E-state index contributed by atoms with van der Waals surface area (Å²) in [6, 6.07) is 6.73. The fourth-order valence-electron chi connectivity index (χ4n) is 4.46. The van der Waals surface area contributed by atoms with E-state index in [0.717, 1.165) is 11.1 Å². The van der Waals surface area contributed by atoms with Gasteiger partial charge in [-0.2, -0.15) is 4.52 Å². The standard InChI is InChI=1S/C22H27B4FN4O4/c1-11-12(2)20(29-31-18(32)5-7-28-19(11)31)30-8-6-15(14(27)10-30)33-13-3-4-16-17(9-13)35-22(25,26)21(23,24)34-16/h3-5,7,9,14-15H,6,8,10,23-26H2,1-2H3/t14-,15-/m1/s1. The van der Waals surface area contributed by atoms with Crippen molar-refractivity contribution in [2.45, 2.75) is 43.3 Å². The van der Waals surface area contributed by atoms with Crippen LogP contribution in [0.2, 0.25) is 0 Å². The number of aromatic nitrogens is 3. The number of benzene rings is 1. The topological polar surface area (TPSA) is 78.2 Å². The molecule has 2 aromatic heterocycles. The van der Waals surface area contributed by atoms with Crippen LogP contribution in [-0.2, 0) is 0 Å². The molecule has 0 bridgehead atoms. The minimum atomic E-state index is -1.24. The third-order valence-corrected chi connectivity index (χ3v) is 7.42. The Kier molecular flexibility index (Phi) is 5.56. The van der Waals surface area contributed by atoms with E-state index in [4.69, 9.17) is 14.2 Å². The van der Waals surface area contributed by atoms with Crippen LogP contribution in [-0.4, -0.2) is 82.1 Å². The molecule has 178 valence electrons. The molecule has 1 fully saturated rings. The quantitative estimate of drug-likeness (QED) is 0.420. The van der Waals surface area contributed by atoms with Crippen LogP contribution in [0.25, 0.3) is 5.65 Å². The van der Waals surface area contributed by atoms with Crippen molar-refractivity contribution in [3.63, 3.8) is 0 Å². The van der Waals surface area contributed by atoms with Gasteiger partial charge in [-0.1, -0.05) is 0 Å². The van der Waals surface area contributed by atoms with Crippen molar-refractivity contribution < 1.29 is 18.6 Å². The van der Waals surface area contributed by atoms with Gasteiger partial charge in [-0.15, -0.1) is 5.10 Å². The Morgan fingerprint density at radius 2 is 1.80 bits per heavy atom. The van der Waals surface area contributed by atoms with Gasteiger partial charge in [0.2, 0.25) is 0 Å². The lowest BCUT2D eigenvalue weighted by Gasteiger charge is -2.47. The number of hydrogen-bond donors (Lipinski definition) is 0. The molecule has 0 spiro atoms. The molecule has 2 aliphatic rings. The third-order valence-electron chi connectivity index (χ3n) is 7.42. The van der Waals surface area contributed by atoms with Crippen LogP contribution in [0.5, 0.6) is 17.2 Å². The van der Waals surface area contributed by atoms with E-state index >= 15 is 4.39 Å². The largest absolute Gasteiger partial charge is 0.499 e. The van der Waals surface area contributed by atoms with Gasteiger partial charge in [0.15, 0.2) is 29.1 Å². The lowest BCUT2D eigenvalue weighted by atomic mass is 9.41. The maximum atomic E-state index is 15.3. The average Bonchev–Trinajstić information content (AvgIpc) is 2.78. The number of anilines is 1. The number of nitrogens with zero attached hydrogens (tertiary/aromatic N) is 4. The van der Waals surface area contributed by atoms with Gasteiger partial charge in [0, 0.05) is 42.4 Å². The van der Waals surface area contributed by atoms with Crippen molar-refractivity contribution in [3.8, 4) is 17.2 Å². The van der Waals surface area contributed by atoms with Crippen LogP contribution in [0, 0.1) is 13.8 Å². The normalized spacial score (nSPS) is 22.7. The summed E-state index contributed by atoms with van der Waals surface area (Å²) in [6.45, 7) is 4.48. The van der Waals surface area contributed by atoms with Crippen molar-refractivity contribution in [2.75, 3.05) is 18.0 Å². The van der Waals surface area contributed by atoms with E-state index in [0.29, 0.717) is 41.7 Å². The number of alkyl halides is 1. The molecule has 1 aromatic carbocycles. The zero-order chi connectivity index (χ0) is 25.1. The van der Waals surface area contributed by atoms with Crippen molar-refractivity contribution >= 4 is 42.9 Å².